The molecule has 1 aromatic rings. The van der Waals surface area contributed by atoms with Gasteiger partial charge in [-0.3, -0.25) is 0 Å². The summed E-state index contributed by atoms with van der Waals surface area (Å²) < 4.78 is 0. The van der Waals surface area contributed by atoms with Crippen LogP contribution in [0.2, 0.25) is 0 Å². The Morgan fingerprint density at radius 1 is 1.31 bits per heavy atom. The van der Waals surface area contributed by atoms with Crippen LogP contribution in [-0.4, -0.2) is 11.7 Å². The zero-order valence-corrected chi connectivity index (χ0v) is 8.20. The molecule has 1 rings (SSSR count). The smallest absolute Gasteiger partial charge is 0.0684 e. The Kier molecular flexibility index (Phi) is 3.71. The number of rotatable bonds is 3. The summed E-state index contributed by atoms with van der Waals surface area (Å²) in [6.45, 7) is 4.33. The fourth-order valence-corrected chi connectivity index (χ4v) is 1.29. The lowest BCUT2D eigenvalue weighted by atomic mass is 10.0. The molecule has 0 atom stereocenters. The van der Waals surface area contributed by atoms with E-state index >= 15 is 0 Å². The summed E-state index contributed by atoms with van der Waals surface area (Å²) in [6, 6.07) is 9.99. The summed E-state index contributed by atoms with van der Waals surface area (Å²) in [4.78, 5) is 0. The third-order valence-corrected chi connectivity index (χ3v) is 1.85. The van der Waals surface area contributed by atoms with Crippen molar-refractivity contribution in [1.29, 1.82) is 0 Å². The lowest BCUT2D eigenvalue weighted by Crippen LogP contribution is -1.92. The molecule has 1 heteroatoms. The van der Waals surface area contributed by atoms with Crippen molar-refractivity contribution in [1.82, 2.24) is 0 Å². The number of benzene rings is 1. The molecule has 0 aliphatic carbocycles. The molecular weight excluding hydrogens is 160 g/mol. The van der Waals surface area contributed by atoms with Gasteiger partial charge in [0.05, 0.1) is 6.61 Å². The molecule has 1 aromatic carbocycles. The Hall–Kier alpha value is -1.08. The predicted octanol–water partition coefficient (Wildman–Crippen LogP) is 2.72. The molecule has 0 fully saturated rings. The van der Waals surface area contributed by atoms with Crippen molar-refractivity contribution in [3.8, 4) is 0 Å². The fourth-order valence-electron chi connectivity index (χ4n) is 1.29. The highest BCUT2D eigenvalue weighted by Crippen LogP contribution is 2.15. The molecule has 70 valence electrons. The van der Waals surface area contributed by atoms with E-state index in [0.717, 1.165) is 11.1 Å². The van der Waals surface area contributed by atoms with E-state index in [1.807, 2.05) is 30.3 Å². The van der Waals surface area contributed by atoms with Gasteiger partial charge in [-0.1, -0.05) is 50.3 Å². The fraction of sp³-hybridized carbons (Fsp3) is 0.333. The molecule has 0 spiro atoms. The molecule has 13 heavy (non-hydrogen) atoms. The van der Waals surface area contributed by atoms with Crippen LogP contribution >= 0.6 is 0 Å². The lowest BCUT2D eigenvalue weighted by Gasteiger charge is -2.05. The Bertz CT molecular complexity index is 272. The van der Waals surface area contributed by atoms with Crippen LogP contribution in [0.5, 0.6) is 0 Å². The van der Waals surface area contributed by atoms with Crippen LogP contribution in [0.3, 0.4) is 0 Å². The molecule has 0 aromatic heterocycles. The van der Waals surface area contributed by atoms with Crippen LogP contribution in [0.15, 0.2) is 36.4 Å². The highest BCUT2D eigenvalue weighted by molar-refractivity contribution is 5.66. The van der Waals surface area contributed by atoms with E-state index in [4.69, 9.17) is 5.11 Å². The van der Waals surface area contributed by atoms with E-state index in [1.165, 1.54) is 0 Å². The average Bonchev–Trinajstić information content (AvgIpc) is 2.15. The zero-order valence-electron chi connectivity index (χ0n) is 8.20. The monoisotopic (exact) mass is 176 g/mol. The molecule has 0 aliphatic heterocycles. The van der Waals surface area contributed by atoms with Gasteiger partial charge in [-0.25, -0.2) is 0 Å². The summed E-state index contributed by atoms with van der Waals surface area (Å²) in [6.07, 6.45) is 2.09. The highest BCUT2D eigenvalue weighted by Gasteiger charge is 1.99. The Balaban J connectivity index is 2.91. The van der Waals surface area contributed by atoms with Crippen LogP contribution in [0.1, 0.15) is 19.4 Å². The molecule has 0 bridgehead atoms. The minimum absolute atomic E-state index is 0.113. The molecule has 0 heterocycles. The number of allylic oxidation sites excluding steroid dienone is 1. The number of aliphatic hydroxyl groups excluding tert-OH is 1. The van der Waals surface area contributed by atoms with Gasteiger partial charge >= 0.3 is 0 Å². The van der Waals surface area contributed by atoms with E-state index in [9.17, 15) is 0 Å². The minimum atomic E-state index is 0.113. The second-order valence-electron chi connectivity index (χ2n) is 3.46. The Labute approximate surface area is 79.7 Å². The van der Waals surface area contributed by atoms with E-state index in [2.05, 4.69) is 19.9 Å². The number of hydrogen-bond donors (Lipinski definition) is 1. The van der Waals surface area contributed by atoms with Crippen LogP contribution < -0.4 is 0 Å². The third-order valence-electron chi connectivity index (χ3n) is 1.85. The molecule has 0 saturated heterocycles. The van der Waals surface area contributed by atoms with Gasteiger partial charge in [0.2, 0.25) is 0 Å². The molecule has 0 radical (unpaired) electrons. The van der Waals surface area contributed by atoms with Crippen LogP contribution in [0.4, 0.5) is 0 Å². The molecule has 0 saturated carbocycles. The normalized spacial score (nSPS) is 12.2. The van der Waals surface area contributed by atoms with E-state index in [0.29, 0.717) is 5.92 Å². The summed E-state index contributed by atoms with van der Waals surface area (Å²) in [5.74, 6) is 0.474. The quantitative estimate of drug-likeness (QED) is 0.750. The second-order valence-corrected chi connectivity index (χ2v) is 3.46. The van der Waals surface area contributed by atoms with Gasteiger partial charge in [-0.05, 0) is 17.1 Å². The van der Waals surface area contributed by atoms with Crippen molar-refractivity contribution in [2.24, 2.45) is 5.92 Å². The first-order valence-electron chi connectivity index (χ1n) is 4.61. The van der Waals surface area contributed by atoms with Crippen LogP contribution in [-0.2, 0) is 0 Å². The van der Waals surface area contributed by atoms with Crippen molar-refractivity contribution < 1.29 is 5.11 Å². The standard InChI is InChI=1S/C12H16O/c1-10(2)8-12(9-13)11-6-4-3-5-7-11/h3-8,10,13H,9H2,1-2H3/b12-8-. The summed E-state index contributed by atoms with van der Waals surface area (Å²) in [7, 11) is 0. The number of aliphatic hydroxyl groups is 1. The van der Waals surface area contributed by atoms with Gasteiger partial charge in [-0.15, -0.1) is 0 Å². The van der Waals surface area contributed by atoms with Crippen molar-refractivity contribution in [3.05, 3.63) is 42.0 Å². The van der Waals surface area contributed by atoms with Gasteiger partial charge in [0.1, 0.15) is 0 Å². The molecule has 0 amide bonds. The van der Waals surface area contributed by atoms with Gasteiger partial charge in [0.15, 0.2) is 0 Å². The molecule has 0 unspecified atom stereocenters. The Morgan fingerprint density at radius 2 is 1.92 bits per heavy atom. The largest absolute Gasteiger partial charge is 0.392 e. The van der Waals surface area contributed by atoms with Crippen molar-refractivity contribution in [2.75, 3.05) is 6.61 Å². The SMILES string of the molecule is CC(C)/C=C(/CO)c1ccccc1. The van der Waals surface area contributed by atoms with Crippen LogP contribution in [0.25, 0.3) is 5.57 Å². The topological polar surface area (TPSA) is 20.2 Å². The van der Waals surface area contributed by atoms with E-state index in [1.54, 1.807) is 0 Å². The predicted molar refractivity (Wildman–Crippen MR) is 56.3 cm³/mol. The summed E-state index contributed by atoms with van der Waals surface area (Å²) in [5.41, 5.74) is 2.12. The van der Waals surface area contributed by atoms with Crippen molar-refractivity contribution in [3.63, 3.8) is 0 Å². The lowest BCUT2D eigenvalue weighted by molar-refractivity contribution is 0.349. The Morgan fingerprint density at radius 3 is 2.38 bits per heavy atom. The van der Waals surface area contributed by atoms with Crippen molar-refractivity contribution in [2.45, 2.75) is 13.8 Å². The molecule has 0 aliphatic rings. The average molecular weight is 176 g/mol. The maximum absolute atomic E-state index is 9.16. The third kappa shape index (κ3) is 3.03. The summed E-state index contributed by atoms with van der Waals surface area (Å²) in [5, 5.41) is 9.16. The van der Waals surface area contributed by atoms with Crippen LogP contribution in [0, 0.1) is 5.92 Å². The number of hydrogen-bond acceptors (Lipinski definition) is 1. The minimum Gasteiger partial charge on any atom is -0.392 e. The molecular formula is C12H16O. The van der Waals surface area contributed by atoms with E-state index in [-0.39, 0.29) is 6.61 Å². The maximum atomic E-state index is 9.16. The highest BCUT2D eigenvalue weighted by atomic mass is 16.3. The van der Waals surface area contributed by atoms with Gasteiger partial charge in [0.25, 0.3) is 0 Å². The first-order valence-corrected chi connectivity index (χ1v) is 4.61. The molecule has 1 nitrogen and oxygen atoms in total. The van der Waals surface area contributed by atoms with Gasteiger partial charge in [-0.2, -0.15) is 0 Å². The summed E-state index contributed by atoms with van der Waals surface area (Å²) >= 11 is 0. The molecule has 1 N–H and O–H groups in total. The second kappa shape index (κ2) is 4.83. The van der Waals surface area contributed by atoms with Gasteiger partial charge < -0.3 is 5.11 Å². The van der Waals surface area contributed by atoms with Gasteiger partial charge in [0, 0.05) is 0 Å². The maximum Gasteiger partial charge on any atom is 0.0684 e. The first kappa shape index (κ1) is 10.0. The van der Waals surface area contributed by atoms with Crippen molar-refractivity contribution >= 4 is 5.57 Å². The van der Waals surface area contributed by atoms with E-state index < -0.39 is 0 Å². The first-order chi connectivity index (χ1) is 6.24. The zero-order chi connectivity index (χ0) is 9.68.